The van der Waals surface area contributed by atoms with Crippen LogP contribution in [-0.2, 0) is 11.4 Å². The minimum atomic E-state index is -0.494. The summed E-state index contributed by atoms with van der Waals surface area (Å²) in [4.78, 5) is 12.5. The number of hydrogen-bond donors (Lipinski definition) is 1. The van der Waals surface area contributed by atoms with Crippen molar-refractivity contribution in [2.75, 3.05) is 12.4 Å². The van der Waals surface area contributed by atoms with Crippen molar-refractivity contribution in [2.24, 2.45) is 0 Å². The van der Waals surface area contributed by atoms with Gasteiger partial charge in [0.1, 0.15) is 29.7 Å². The van der Waals surface area contributed by atoms with Crippen molar-refractivity contribution >= 4 is 33.6 Å². The highest BCUT2D eigenvalue weighted by atomic mass is 79.9. The molecule has 0 unspecified atom stereocenters. The van der Waals surface area contributed by atoms with Crippen LogP contribution in [0.1, 0.15) is 11.1 Å². The van der Waals surface area contributed by atoms with Gasteiger partial charge in [-0.3, -0.25) is 4.79 Å². The van der Waals surface area contributed by atoms with Gasteiger partial charge < -0.3 is 14.8 Å². The summed E-state index contributed by atoms with van der Waals surface area (Å²) in [5, 5.41) is 12.1. The summed E-state index contributed by atoms with van der Waals surface area (Å²) in [7, 11) is 1.54. The number of methoxy groups -OCH3 is 1. The molecular weight excluding hydrogens is 444 g/mol. The number of rotatable bonds is 7. The van der Waals surface area contributed by atoms with Crippen LogP contribution in [0.4, 0.5) is 5.69 Å². The Morgan fingerprint density at radius 2 is 1.77 bits per heavy atom. The summed E-state index contributed by atoms with van der Waals surface area (Å²) in [5.41, 5.74) is 2.26. The van der Waals surface area contributed by atoms with Gasteiger partial charge in [0.05, 0.1) is 7.11 Å². The van der Waals surface area contributed by atoms with Crippen molar-refractivity contribution in [2.45, 2.75) is 6.61 Å². The largest absolute Gasteiger partial charge is 0.496 e. The predicted molar refractivity (Wildman–Crippen MR) is 120 cm³/mol. The highest BCUT2D eigenvalue weighted by Gasteiger charge is 2.11. The van der Waals surface area contributed by atoms with Gasteiger partial charge in [-0.05, 0) is 54.1 Å². The summed E-state index contributed by atoms with van der Waals surface area (Å²) in [6.07, 6.45) is 1.50. The van der Waals surface area contributed by atoms with E-state index in [1.54, 1.807) is 43.5 Å². The van der Waals surface area contributed by atoms with Crippen LogP contribution >= 0.6 is 15.9 Å². The van der Waals surface area contributed by atoms with Crippen molar-refractivity contribution in [3.8, 4) is 17.6 Å². The molecule has 0 aliphatic rings. The molecule has 0 heterocycles. The van der Waals surface area contributed by atoms with Gasteiger partial charge in [0.25, 0.3) is 5.91 Å². The van der Waals surface area contributed by atoms with Gasteiger partial charge in [0.15, 0.2) is 0 Å². The molecule has 3 aromatic carbocycles. The van der Waals surface area contributed by atoms with E-state index in [-0.39, 0.29) is 5.57 Å². The number of nitrogens with zero attached hydrogens (tertiary/aromatic N) is 1. The number of hydrogen-bond acceptors (Lipinski definition) is 4. The zero-order valence-electron chi connectivity index (χ0n) is 16.3. The highest BCUT2D eigenvalue weighted by Crippen LogP contribution is 2.22. The van der Waals surface area contributed by atoms with Gasteiger partial charge in [0.2, 0.25) is 0 Å². The van der Waals surface area contributed by atoms with Crippen molar-refractivity contribution in [3.05, 3.63) is 94.0 Å². The molecular formula is C24H19BrN2O3. The monoisotopic (exact) mass is 462 g/mol. The number of nitrogens with one attached hydrogen (secondary N) is 1. The second-order valence-corrected chi connectivity index (χ2v) is 7.22. The first-order chi connectivity index (χ1) is 14.6. The molecule has 0 spiro atoms. The van der Waals surface area contributed by atoms with Gasteiger partial charge in [0, 0.05) is 15.7 Å². The number of ether oxygens (including phenoxy) is 2. The van der Waals surface area contributed by atoms with Gasteiger partial charge >= 0.3 is 0 Å². The number of nitriles is 1. The van der Waals surface area contributed by atoms with Gasteiger partial charge in [-0.1, -0.05) is 46.3 Å². The van der Waals surface area contributed by atoms with Crippen molar-refractivity contribution in [1.29, 1.82) is 5.26 Å². The Labute approximate surface area is 183 Å². The van der Waals surface area contributed by atoms with E-state index in [0.717, 1.165) is 10.0 Å². The molecule has 1 N–H and O–H groups in total. The zero-order valence-corrected chi connectivity index (χ0v) is 17.8. The van der Waals surface area contributed by atoms with Crippen LogP contribution in [0.5, 0.6) is 11.5 Å². The van der Waals surface area contributed by atoms with E-state index in [9.17, 15) is 10.1 Å². The van der Waals surface area contributed by atoms with E-state index in [1.165, 1.54) is 6.08 Å². The summed E-state index contributed by atoms with van der Waals surface area (Å²) in [5.74, 6) is 0.776. The first-order valence-electron chi connectivity index (χ1n) is 9.12. The maximum Gasteiger partial charge on any atom is 0.266 e. The van der Waals surface area contributed by atoms with Crippen LogP contribution < -0.4 is 14.8 Å². The zero-order chi connectivity index (χ0) is 21.3. The first-order valence-corrected chi connectivity index (χ1v) is 9.92. The lowest BCUT2D eigenvalue weighted by Gasteiger charge is -2.09. The van der Waals surface area contributed by atoms with Crippen molar-refractivity contribution in [1.82, 2.24) is 0 Å². The number of para-hydroxylation sites is 1. The summed E-state index contributed by atoms with van der Waals surface area (Å²) < 4.78 is 12.0. The standard InChI is InChI=1S/C24H19BrN2O3/c1-29-23-5-3-2-4-18(23)14-19(15-26)24(28)27-21-10-12-22(13-11-21)30-16-17-6-8-20(25)9-7-17/h2-14H,16H2,1H3,(H,27,28)/b19-14+. The quantitative estimate of drug-likeness (QED) is 0.367. The fourth-order valence-corrected chi connectivity index (χ4v) is 2.93. The lowest BCUT2D eigenvalue weighted by atomic mass is 10.1. The van der Waals surface area contributed by atoms with Crippen LogP contribution in [0.2, 0.25) is 0 Å². The fraction of sp³-hybridized carbons (Fsp3) is 0.0833. The molecule has 1 amide bonds. The molecule has 0 atom stereocenters. The van der Waals surface area contributed by atoms with E-state index in [1.807, 2.05) is 42.5 Å². The lowest BCUT2D eigenvalue weighted by Crippen LogP contribution is -2.13. The predicted octanol–water partition coefficient (Wildman–Crippen LogP) is 5.58. The van der Waals surface area contributed by atoms with Crippen molar-refractivity contribution < 1.29 is 14.3 Å². The van der Waals surface area contributed by atoms with Crippen LogP contribution in [0.25, 0.3) is 6.08 Å². The van der Waals surface area contributed by atoms with Crippen LogP contribution in [0, 0.1) is 11.3 Å². The minimum Gasteiger partial charge on any atom is -0.496 e. The summed E-state index contributed by atoms with van der Waals surface area (Å²) in [6.45, 7) is 0.444. The maximum absolute atomic E-state index is 12.5. The third-order valence-electron chi connectivity index (χ3n) is 4.23. The molecule has 0 fully saturated rings. The molecule has 3 aromatic rings. The molecule has 0 saturated heterocycles. The second-order valence-electron chi connectivity index (χ2n) is 6.31. The van der Waals surface area contributed by atoms with Gasteiger partial charge in [-0.2, -0.15) is 5.26 Å². The SMILES string of the molecule is COc1ccccc1/C=C(\C#N)C(=O)Nc1ccc(OCc2ccc(Br)cc2)cc1. The number of carbonyl (C=O) groups excluding carboxylic acids is 1. The van der Waals surface area contributed by atoms with Gasteiger partial charge in [-0.15, -0.1) is 0 Å². The lowest BCUT2D eigenvalue weighted by molar-refractivity contribution is -0.112. The number of anilines is 1. The molecule has 0 aliphatic carbocycles. The van der Waals surface area contributed by atoms with E-state index >= 15 is 0 Å². The molecule has 5 nitrogen and oxygen atoms in total. The number of halogens is 1. The van der Waals surface area contributed by atoms with Crippen LogP contribution in [-0.4, -0.2) is 13.0 Å². The minimum absolute atomic E-state index is 0.0185. The highest BCUT2D eigenvalue weighted by molar-refractivity contribution is 9.10. The Morgan fingerprint density at radius 3 is 2.43 bits per heavy atom. The summed E-state index contributed by atoms with van der Waals surface area (Å²) >= 11 is 3.40. The van der Waals surface area contributed by atoms with E-state index in [2.05, 4.69) is 21.2 Å². The Bertz CT molecular complexity index is 1080. The number of amides is 1. The first kappa shape index (κ1) is 21.2. The average Bonchev–Trinajstić information content (AvgIpc) is 2.78. The van der Waals surface area contributed by atoms with Crippen LogP contribution in [0.3, 0.4) is 0 Å². The smallest absolute Gasteiger partial charge is 0.266 e. The fourth-order valence-electron chi connectivity index (χ4n) is 2.67. The molecule has 6 heteroatoms. The third kappa shape index (κ3) is 5.72. The maximum atomic E-state index is 12.5. The molecule has 0 aromatic heterocycles. The Balaban J connectivity index is 1.63. The molecule has 150 valence electrons. The summed E-state index contributed by atoms with van der Waals surface area (Å²) in [6, 6.07) is 24.0. The van der Waals surface area contributed by atoms with Crippen LogP contribution in [0.15, 0.2) is 82.8 Å². The average molecular weight is 463 g/mol. The van der Waals surface area contributed by atoms with Crippen molar-refractivity contribution in [3.63, 3.8) is 0 Å². The molecule has 0 radical (unpaired) electrons. The normalized spacial score (nSPS) is 10.8. The number of carbonyl (C=O) groups is 1. The Kier molecular flexibility index (Phi) is 7.25. The Hall–Kier alpha value is -3.56. The van der Waals surface area contributed by atoms with E-state index < -0.39 is 5.91 Å². The molecule has 0 bridgehead atoms. The molecule has 0 aliphatic heterocycles. The number of benzene rings is 3. The topological polar surface area (TPSA) is 71.3 Å². The third-order valence-corrected chi connectivity index (χ3v) is 4.76. The van der Waals surface area contributed by atoms with E-state index in [4.69, 9.17) is 9.47 Å². The Morgan fingerprint density at radius 1 is 1.07 bits per heavy atom. The second kappa shape index (κ2) is 10.3. The molecule has 0 saturated carbocycles. The van der Waals surface area contributed by atoms with E-state index in [0.29, 0.717) is 29.4 Å². The molecule has 3 rings (SSSR count). The van der Waals surface area contributed by atoms with Gasteiger partial charge in [-0.25, -0.2) is 0 Å². The molecule has 30 heavy (non-hydrogen) atoms.